The summed E-state index contributed by atoms with van der Waals surface area (Å²) in [6.45, 7) is 3.06. The lowest BCUT2D eigenvalue weighted by Gasteiger charge is -2.16. The van der Waals surface area contributed by atoms with Gasteiger partial charge in [0.1, 0.15) is 23.7 Å². The predicted octanol–water partition coefficient (Wildman–Crippen LogP) is 4.53. The van der Waals surface area contributed by atoms with E-state index in [0.717, 1.165) is 0 Å². The summed E-state index contributed by atoms with van der Waals surface area (Å²) in [5, 5.41) is 3.05. The summed E-state index contributed by atoms with van der Waals surface area (Å²) in [4.78, 5) is 26.3. The number of benzene rings is 1. The minimum Gasteiger partial charge on any atom is -0.483 e. The van der Waals surface area contributed by atoms with E-state index in [-0.39, 0.29) is 22.8 Å². The van der Waals surface area contributed by atoms with Gasteiger partial charge in [-0.1, -0.05) is 18.2 Å². The van der Waals surface area contributed by atoms with E-state index in [9.17, 15) is 18.0 Å². The first-order chi connectivity index (χ1) is 16.2. The summed E-state index contributed by atoms with van der Waals surface area (Å²) in [7, 11) is 0. The van der Waals surface area contributed by atoms with Gasteiger partial charge in [0, 0.05) is 24.7 Å². The van der Waals surface area contributed by atoms with Crippen LogP contribution in [-0.4, -0.2) is 57.7 Å². The second kappa shape index (κ2) is 9.72. The van der Waals surface area contributed by atoms with Gasteiger partial charge in [-0.25, -0.2) is 15.0 Å². The topological polar surface area (TPSA) is 89.5 Å². The van der Waals surface area contributed by atoms with Crippen LogP contribution in [0, 0.1) is 0 Å². The van der Waals surface area contributed by atoms with E-state index in [1.54, 1.807) is 17.0 Å². The molecule has 2 aromatic heterocycles. The Kier molecular flexibility index (Phi) is 6.73. The molecule has 0 saturated carbocycles. The van der Waals surface area contributed by atoms with Crippen molar-refractivity contribution in [2.45, 2.75) is 18.7 Å². The van der Waals surface area contributed by atoms with E-state index >= 15 is 0 Å². The Labute approximate surface area is 197 Å². The average Bonchev–Trinajstić information content (AvgIpc) is 3.26. The number of anilines is 2. The lowest BCUT2D eigenvalue weighted by Crippen LogP contribution is -2.29. The summed E-state index contributed by atoms with van der Waals surface area (Å²) >= 11 is 6.07. The predicted molar refractivity (Wildman–Crippen MR) is 119 cm³/mol. The monoisotopic (exact) mass is 493 g/mol. The molecule has 1 atom stereocenters. The number of amides is 1. The number of rotatable bonds is 7. The van der Waals surface area contributed by atoms with Crippen molar-refractivity contribution in [2.24, 2.45) is 0 Å². The summed E-state index contributed by atoms with van der Waals surface area (Å²) < 4.78 is 47.8. The molecular weight excluding hydrogens is 475 g/mol. The second-order valence-corrected chi connectivity index (χ2v) is 7.84. The Morgan fingerprint density at radius 1 is 1.29 bits per heavy atom. The van der Waals surface area contributed by atoms with E-state index in [1.165, 1.54) is 30.6 Å². The van der Waals surface area contributed by atoms with E-state index < -0.39 is 12.8 Å². The first kappa shape index (κ1) is 23.6. The number of hydrogen-bond donors (Lipinski definition) is 1. The summed E-state index contributed by atoms with van der Waals surface area (Å²) in [5.41, 5.74) is 1.44. The third kappa shape index (κ3) is 5.66. The number of nitrogens with zero attached hydrogens (tertiary/aromatic N) is 4. The van der Waals surface area contributed by atoms with Gasteiger partial charge in [0.15, 0.2) is 12.4 Å². The largest absolute Gasteiger partial charge is 0.483 e. The molecule has 1 aromatic carbocycles. The molecule has 12 heteroatoms. The lowest BCUT2D eigenvalue weighted by atomic mass is 10.3. The molecule has 3 aromatic rings. The van der Waals surface area contributed by atoms with Gasteiger partial charge in [-0.3, -0.25) is 4.79 Å². The van der Waals surface area contributed by atoms with E-state index in [2.05, 4.69) is 26.8 Å². The highest BCUT2D eigenvalue weighted by atomic mass is 35.5. The number of aromatic nitrogens is 3. The van der Waals surface area contributed by atoms with Gasteiger partial charge in [-0.15, -0.1) is 0 Å². The zero-order valence-corrected chi connectivity index (χ0v) is 18.4. The van der Waals surface area contributed by atoms with E-state index in [1.807, 2.05) is 0 Å². The number of carbonyl (C=O) groups excluding carboxylic acids is 1. The molecule has 34 heavy (non-hydrogen) atoms. The Morgan fingerprint density at radius 3 is 2.85 bits per heavy atom. The smallest absolute Gasteiger partial charge is 0.422 e. The van der Waals surface area contributed by atoms with Crippen LogP contribution in [0.15, 0.2) is 49.3 Å². The highest BCUT2D eigenvalue weighted by Gasteiger charge is 2.29. The highest BCUT2D eigenvalue weighted by molar-refractivity contribution is 6.32. The highest BCUT2D eigenvalue weighted by Crippen LogP contribution is 2.31. The van der Waals surface area contributed by atoms with Crippen LogP contribution in [0.1, 0.15) is 6.42 Å². The lowest BCUT2D eigenvalue weighted by molar-refractivity contribution is -0.153. The molecule has 1 amide bonds. The molecule has 1 aliphatic heterocycles. The van der Waals surface area contributed by atoms with Crippen LogP contribution in [0.2, 0.25) is 5.02 Å². The number of ether oxygens (including phenoxy) is 2. The van der Waals surface area contributed by atoms with Gasteiger partial charge in [-0.05, 0) is 30.3 Å². The minimum atomic E-state index is -4.47. The molecular formula is C22H19ClF3N5O3. The molecule has 8 nitrogen and oxygen atoms in total. The van der Waals surface area contributed by atoms with E-state index in [4.69, 9.17) is 21.1 Å². The van der Waals surface area contributed by atoms with Crippen molar-refractivity contribution in [3.63, 3.8) is 0 Å². The molecule has 0 spiro atoms. The Bertz CT molecular complexity index is 1220. The number of carbonyl (C=O) groups is 1. The summed E-state index contributed by atoms with van der Waals surface area (Å²) in [6.07, 6.45) is -1.39. The number of pyridine rings is 1. The zero-order valence-electron chi connectivity index (χ0n) is 17.7. The van der Waals surface area contributed by atoms with Crippen molar-refractivity contribution in [3.8, 4) is 11.6 Å². The quantitative estimate of drug-likeness (QED) is 0.484. The molecule has 3 heterocycles. The van der Waals surface area contributed by atoms with Gasteiger partial charge in [-0.2, -0.15) is 13.2 Å². The first-order valence-electron chi connectivity index (χ1n) is 10.2. The fraction of sp³-hybridized carbons (Fsp3) is 0.273. The molecule has 1 saturated heterocycles. The molecule has 0 radical (unpaired) electrons. The van der Waals surface area contributed by atoms with Crippen LogP contribution >= 0.6 is 11.6 Å². The van der Waals surface area contributed by atoms with E-state index in [0.29, 0.717) is 47.9 Å². The Hall–Kier alpha value is -3.60. The minimum absolute atomic E-state index is 0.00412. The molecule has 0 unspecified atom stereocenters. The van der Waals surface area contributed by atoms with Crippen molar-refractivity contribution < 1.29 is 27.4 Å². The number of halogens is 4. The number of alkyl halides is 3. The van der Waals surface area contributed by atoms with Gasteiger partial charge >= 0.3 is 6.18 Å². The van der Waals surface area contributed by atoms with Crippen LogP contribution in [-0.2, 0) is 4.79 Å². The van der Waals surface area contributed by atoms with Crippen LogP contribution in [0.25, 0.3) is 11.0 Å². The molecule has 178 valence electrons. The third-order valence-electron chi connectivity index (χ3n) is 4.96. The average molecular weight is 494 g/mol. The van der Waals surface area contributed by atoms with Crippen molar-refractivity contribution in [3.05, 3.63) is 54.3 Å². The number of hydrogen-bond acceptors (Lipinski definition) is 7. The molecule has 1 N–H and O–H groups in total. The van der Waals surface area contributed by atoms with Crippen LogP contribution in [0.5, 0.6) is 11.6 Å². The van der Waals surface area contributed by atoms with Crippen molar-refractivity contribution in [1.29, 1.82) is 0 Å². The SMILES string of the molecule is C=CC(=O)N1CC[C@H](Oc2ccc3ncnc(Nc4ccc(OCC(F)(F)F)c(Cl)c4)c3n2)C1. The maximum Gasteiger partial charge on any atom is 0.422 e. The summed E-state index contributed by atoms with van der Waals surface area (Å²) in [6, 6.07) is 7.67. The van der Waals surface area contributed by atoms with Crippen molar-refractivity contribution >= 4 is 40.0 Å². The number of fused-ring (bicyclic) bond motifs is 1. The zero-order chi connectivity index (χ0) is 24.3. The second-order valence-electron chi connectivity index (χ2n) is 7.43. The van der Waals surface area contributed by atoms with Crippen LogP contribution < -0.4 is 14.8 Å². The molecule has 1 aliphatic rings. The normalized spacial score (nSPS) is 15.9. The maximum absolute atomic E-state index is 12.4. The van der Waals surface area contributed by atoms with Crippen molar-refractivity contribution in [2.75, 3.05) is 25.0 Å². The first-order valence-corrected chi connectivity index (χ1v) is 10.6. The summed E-state index contributed by atoms with van der Waals surface area (Å²) in [5.74, 6) is 0.458. The Morgan fingerprint density at radius 2 is 2.12 bits per heavy atom. The molecule has 1 fully saturated rings. The molecule has 0 bridgehead atoms. The fourth-order valence-corrected chi connectivity index (χ4v) is 3.63. The van der Waals surface area contributed by atoms with Crippen LogP contribution in [0.3, 0.4) is 0 Å². The maximum atomic E-state index is 12.4. The van der Waals surface area contributed by atoms with Crippen molar-refractivity contribution in [1.82, 2.24) is 19.9 Å². The van der Waals surface area contributed by atoms with Gasteiger partial charge in [0.2, 0.25) is 11.8 Å². The molecule has 4 rings (SSSR count). The van der Waals surface area contributed by atoms with Crippen LogP contribution in [0.4, 0.5) is 24.7 Å². The van der Waals surface area contributed by atoms with Gasteiger partial charge in [0.05, 0.1) is 17.1 Å². The fourth-order valence-electron chi connectivity index (χ4n) is 3.40. The Balaban J connectivity index is 1.50. The third-order valence-corrected chi connectivity index (χ3v) is 5.26. The van der Waals surface area contributed by atoms with Gasteiger partial charge < -0.3 is 19.7 Å². The number of likely N-dealkylation sites (tertiary alicyclic amines) is 1. The number of nitrogens with one attached hydrogen (secondary N) is 1. The van der Waals surface area contributed by atoms with Gasteiger partial charge in [0.25, 0.3) is 0 Å². The standard InChI is InChI=1S/C22H19ClF3N5O3/c1-2-19(32)31-8-7-14(10-31)34-18-6-4-16-20(30-18)21(28-12-27-16)29-13-3-5-17(15(23)9-13)33-11-22(24,25)26/h2-6,9,12,14H,1,7-8,10-11H2,(H,27,28,29)/t14-/m0/s1. The molecule has 0 aliphatic carbocycles.